The van der Waals surface area contributed by atoms with Crippen LogP contribution >= 0.6 is 11.6 Å². The van der Waals surface area contributed by atoms with Crippen LogP contribution in [0.2, 0.25) is 0 Å². The Labute approximate surface area is 549 Å². The van der Waals surface area contributed by atoms with E-state index in [9.17, 15) is 19.2 Å². The number of carbonyl (C=O) groups is 4. The van der Waals surface area contributed by atoms with Gasteiger partial charge in [-0.25, -0.2) is 24.7 Å². The van der Waals surface area contributed by atoms with Gasteiger partial charge in [-0.2, -0.15) is 0 Å². The molecule has 14 rings (SSSR count). The Balaban J connectivity index is 0.000000135. The van der Waals surface area contributed by atoms with Crippen LogP contribution in [0.3, 0.4) is 0 Å². The number of carboxylic acids is 1. The summed E-state index contributed by atoms with van der Waals surface area (Å²) in [7, 11) is 0. The fourth-order valence-electron chi connectivity index (χ4n) is 9.41. The molecule has 0 saturated carbocycles. The summed E-state index contributed by atoms with van der Waals surface area (Å²) in [5, 5.41) is 45.6. The van der Waals surface area contributed by atoms with Crippen LogP contribution in [0, 0.1) is 0 Å². The lowest BCUT2D eigenvalue weighted by molar-refractivity contribution is 0.0690. The Morgan fingerprint density at radius 2 is 0.705 bits per heavy atom. The molecule has 14 aromatic rings. The number of nitrogens with two attached hydrogens (primary N) is 1. The van der Waals surface area contributed by atoms with Crippen molar-refractivity contribution in [2.24, 2.45) is 0 Å². The van der Waals surface area contributed by atoms with E-state index in [1.54, 1.807) is 86.2 Å². The fourth-order valence-corrected chi connectivity index (χ4v) is 9.52. The highest BCUT2D eigenvalue weighted by Crippen LogP contribution is 2.24. The molecule has 4 aromatic carbocycles. The third-order valence-electron chi connectivity index (χ3n) is 14.2. The summed E-state index contributed by atoms with van der Waals surface area (Å²) >= 11 is 5.30. The van der Waals surface area contributed by atoms with Crippen LogP contribution in [0.25, 0.3) is 77.6 Å². The molecule has 5 N–H and O–H groups in total. The number of nitrogen functional groups attached to an aromatic ring is 1. The minimum Gasteiger partial charge on any atom is -0.477 e. The number of aromatic carboxylic acids is 1. The van der Waals surface area contributed by atoms with Gasteiger partial charge in [0.1, 0.15) is 76.3 Å². The molecule has 0 saturated heterocycles. The number of benzene rings is 4. The second-order valence-corrected chi connectivity index (χ2v) is 22.2. The van der Waals surface area contributed by atoms with Gasteiger partial charge in [-0.05, 0) is 135 Å². The van der Waals surface area contributed by atoms with E-state index in [0.29, 0.717) is 63.6 Å². The summed E-state index contributed by atoms with van der Waals surface area (Å²) in [6, 6.07) is 54.5. The highest BCUT2D eigenvalue weighted by atomic mass is 35.5. The van der Waals surface area contributed by atoms with E-state index in [4.69, 9.17) is 22.4 Å². The first-order valence-corrected chi connectivity index (χ1v) is 30.1. The molecule has 0 unspecified atom stereocenters. The van der Waals surface area contributed by atoms with Gasteiger partial charge in [0, 0.05) is 64.5 Å². The van der Waals surface area contributed by atoms with Gasteiger partial charge in [-0.1, -0.05) is 115 Å². The van der Waals surface area contributed by atoms with Crippen LogP contribution in [-0.4, -0.2) is 107 Å². The van der Waals surface area contributed by atoms with Crippen molar-refractivity contribution in [3.8, 4) is 34.6 Å². The molecule has 474 valence electrons. The Kier molecular flexibility index (Phi) is 21.1. The Hall–Kier alpha value is -12.4. The van der Waals surface area contributed by atoms with Gasteiger partial charge in [0.2, 0.25) is 0 Å². The van der Waals surface area contributed by atoms with Crippen LogP contribution in [0.1, 0.15) is 102 Å². The molecule has 0 aliphatic carbocycles. The van der Waals surface area contributed by atoms with E-state index in [1.807, 2.05) is 175 Å². The number of hydrogen-bond donors (Lipinski definition) is 4. The standard InChI is InChI=1S/2C20H18N6O.C10H6ClNO.C10H13N5.C10H7NO2/c2*1-13(2)26-12-22-25-19(26)16-8-5-9-18(23-16)24-20(27)17-10-14-6-3-4-7-15(14)11-21-17;11-10(13)9-5-7-3-1-2-4-8(7)6-12-9;1-7(2)15-6-12-14-10(15)8-4-3-5-9(11)13-8;12-10(13)9-5-7-3-1-2-4-8(7)6-11-9/h2*3-13H,1-2H3,(H,23,24,27);1-6H;3-7H,1-2H3,(H2,11,13);1-6H,(H,12,13). The number of amides is 2. The van der Waals surface area contributed by atoms with Crippen molar-refractivity contribution in [2.75, 3.05) is 16.4 Å². The average Bonchev–Trinajstić information content (AvgIpc) is 1.93. The van der Waals surface area contributed by atoms with E-state index in [-0.39, 0.29) is 29.6 Å². The van der Waals surface area contributed by atoms with Crippen LogP contribution in [0.15, 0.2) is 220 Å². The molecule has 0 aliphatic heterocycles. The lowest BCUT2D eigenvalue weighted by atomic mass is 10.1. The van der Waals surface area contributed by atoms with Crippen molar-refractivity contribution in [3.63, 3.8) is 0 Å². The summed E-state index contributed by atoms with van der Waals surface area (Å²) in [5.41, 5.74) is 8.71. The number of halogens is 1. The number of nitrogens with one attached hydrogen (secondary N) is 2. The highest BCUT2D eigenvalue weighted by Gasteiger charge is 2.17. The minimum atomic E-state index is -0.995. The molecular weight excluding hydrogens is 1220 g/mol. The fraction of sp³-hybridized carbons (Fsp3) is 0.129. The van der Waals surface area contributed by atoms with Crippen LogP contribution < -0.4 is 16.4 Å². The maximum absolute atomic E-state index is 12.6. The van der Waals surface area contributed by atoms with Gasteiger partial charge < -0.3 is 35.2 Å². The van der Waals surface area contributed by atoms with Crippen LogP contribution in [0.5, 0.6) is 0 Å². The van der Waals surface area contributed by atoms with E-state index in [0.717, 1.165) is 54.6 Å². The minimum absolute atomic E-state index is 0.0821. The number of pyridine rings is 7. The molecule has 24 nitrogen and oxygen atoms in total. The first-order valence-electron chi connectivity index (χ1n) is 29.8. The lowest BCUT2D eigenvalue weighted by Gasteiger charge is -2.10. The first kappa shape index (κ1) is 65.5. The molecule has 0 bridgehead atoms. The zero-order chi connectivity index (χ0) is 67.0. The second-order valence-electron chi connectivity index (χ2n) is 21.9. The van der Waals surface area contributed by atoms with Crippen molar-refractivity contribution >= 4 is 95.2 Å². The third kappa shape index (κ3) is 16.8. The number of carbonyl (C=O) groups excluding carboxylic acids is 3. The molecule has 2 amide bonds. The number of aromatic nitrogens is 16. The summed E-state index contributed by atoms with van der Waals surface area (Å²) in [6.07, 6.45) is 11.6. The molecule has 95 heavy (non-hydrogen) atoms. The molecule has 0 atom stereocenters. The Morgan fingerprint density at radius 1 is 0.400 bits per heavy atom. The van der Waals surface area contributed by atoms with E-state index in [2.05, 4.69) is 90.0 Å². The average molecular weight is 1280 g/mol. The smallest absolute Gasteiger partial charge is 0.354 e. The highest BCUT2D eigenvalue weighted by molar-refractivity contribution is 6.67. The van der Waals surface area contributed by atoms with Crippen molar-refractivity contribution in [1.29, 1.82) is 0 Å². The summed E-state index contributed by atoms with van der Waals surface area (Å²) in [5.74, 6) is 1.81. The second kappa shape index (κ2) is 30.6. The van der Waals surface area contributed by atoms with Gasteiger partial charge in [0.15, 0.2) is 17.5 Å². The largest absolute Gasteiger partial charge is 0.477 e. The molecule has 10 aromatic heterocycles. The maximum Gasteiger partial charge on any atom is 0.354 e. The zero-order valence-corrected chi connectivity index (χ0v) is 53.0. The maximum atomic E-state index is 12.6. The van der Waals surface area contributed by atoms with Gasteiger partial charge in [-0.15, -0.1) is 30.6 Å². The van der Waals surface area contributed by atoms with Gasteiger partial charge >= 0.3 is 5.97 Å². The van der Waals surface area contributed by atoms with Gasteiger partial charge in [-0.3, -0.25) is 29.3 Å². The predicted molar refractivity (Wildman–Crippen MR) is 365 cm³/mol. The zero-order valence-electron chi connectivity index (χ0n) is 52.2. The summed E-state index contributed by atoms with van der Waals surface area (Å²) < 4.78 is 5.82. The molecule has 0 aliphatic rings. The third-order valence-corrected chi connectivity index (χ3v) is 14.4. The quantitative estimate of drug-likeness (QED) is 0.0826. The lowest BCUT2D eigenvalue weighted by Crippen LogP contribution is -2.15. The molecule has 0 fully saturated rings. The van der Waals surface area contributed by atoms with E-state index < -0.39 is 11.2 Å². The molecule has 0 radical (unpaired) electrons. The van der Waals surface area contributed by atoms with E-state index >= 15 is 0 Å². The van der Waals surface area contributed by atoms with Crippen molar-refractivity contribution in [2.45, 2.75) is 59.7 Å². The van der Waals surface area contributed by atoms with Crippen molar-refractivity contribution in [3.05, 3.63) is 242 Å². The molecule has 0 spiro atoms. The number of rotatable bonds is 12. The SMILES string of the molecule is CC(C)n1cnnc1-c1cccc(N)n1.CC(C)n1cnnc1-c1cccc(NC(=O)c2cc3ccccc3cn2)n1.CC(C)n1cnnc1-c1cccc(NC(=O)c2cc3ccccc3cn2)n1.O=C(Cl)c1cc2ccccc2cn1.O=C(O)c1cc2ccccc2cn1. The number of hydrogen-bond acceptors (Lipinski definition) is 18. The summed E-state index contributed by atoms with van der Waals surface area (Å²) in [4.78, 5) is 76.0. The van der Waals surface area contributed by atoms with Gasteiger partial charge in [0.05, 0.1) is 0 Å². The molecule has 25 heteroatoms. The summed E-state index contributed by atoms with van der Waals surface area (Å²) in [6.45, 7) is 12.3. The van der Waals surface area contributed by atoms with Crippen molar-refractivity contribution in [1.82, 2.24) is 79.2 Å². The first-order chi connectivity index (χ1) is 46.0. The normalized spacial score (nSPS) is 10.8. The Morgan fingerprint density at radius 3 is 1.04 bits per heavy atom. The number of carboxylic acid groups (broad SMARTS) is 1. The predicted octanol–water partition coefficient (Wildman–Crippen LogP) is 13.5. The van der Waals surface area contributed by atoms with Crippen molar-refractivity contribution < 1.29 is 24.3 Å². The monoisotopic (exact) mass is 1280 g/mol. The number of nitrogens with zero attached hydrogens (tertiary/aromatic N) is 16. The van der Waals surface area contributed by atoms with Crippen LogP contribution in [0.4, 0.5) is 17.5 Å². The topological polar surface area (TPSA) is 321 Å². The number of fused-ring (bicyclic) bond motifs is 4. The Bertz CT molecular complexity index is 4760. The molecular formula is C70H62ClN19O5. The molecule has 10 heterocycles. The van der Waals surface area contributed by atoms with Crippen LogP contribution in [-0.2, 0) is 0 Å². The van der Waals surface area contributed by atoms with E-state index in [1.165, 1.54) is 0 Å². The number of anilines is 3. The van der Waals surface area contributed by atoms with Gasteiger partial charge in [0.25, 0.3) is 17.1 Å².